The van der Waals surface area contributed by atoms with Crippen LogP contribution in [0.2, 0.25) is 0 Å². The van der Waals surface area contributed by atoms with Crippen LogP contribution < -0.4 is 19.5 Å². The lowest BCUT2D eigenvalue weighted by molar-refractivity contribution is -0.116. The monoisotopic (exact) mass is 464 g/mol. The average molecular weight is 465 g/mol. The molecular formula is C24H24N4O4S. The third-order valence-electron chi connectivity index (χ3n) is 5.91. The van der Waals surface area contributed by atoms with E-state index in [0.29, 0.717) is 28.2 Å². The quantitative estimate of drug-likeness (QED) is 0.465. The molecule has 0 saturated heterocycles. The second-order valence-corrected chi connectivity index (χ2v) is 9.00. The highest BCUT2D eigenvalue weighted by molar-refractivity contribution is 7.20. The van der Waals surface area contributed by atoms with Crippen molar-refractivity contribution >= 4 is 33.3 Å². The molecule has 9 heteroatoms. The van der Waals surface area contributed by atoms with Crippen LogP contribution in [-0.2, 0) is 4.79 Å². The molecule has 1 aliphatic rings. The molecule has 3 heterocycles. The summed E-state index contributed by atoms with van der Waals surface area (Å²) in [7, 11) is 4.73. The van der Waals surface area contributed by atoms with Crippen molar-refractivity contribution in [3.8, 4) is 22.4 Å². The fourth-order valence-corrected chi connectivity index (χ4v) is 5.41. The summed E-state index contributed by atoms with van der Waals surface area (Å²) in [6.45, 7) is 4.01. The number of benzene rings is 2. The first-order valence-corrected chi connectivity index (χ1v) is 11.3. The molecule has 0 saturated carbocycles. The van der Waals surface area contributed by atoms with Gasteiger partial charge in [0.1, 0.15) is 5.82 Å². The number of carbonyl (C=O) groups excluding carboxylic acids is 1. The summed E-state index contributed by atoms with van der Waals surface area (Å²) >= 11 is 1.55. The lowest BCUT2D eigenvalue weighted by Gasteiger charge is -2.25. The Morgan fingerprint density at radius 3 is 2.45 bits per heavy atom. The molecule has 170 valence electrons. The van der Waals surface area contributed by atoms with Crippen LogP contribution in [0.4, 0.5) is 5.82 Å². The Balaban J connectivity index is 1.66. The molecule has 0 radical (unpaired) electrons. The molecule has 1 N–H and O–H groups in total. The number of nitrogens with zero attached hydrogens (tertiary/aromatic N) is 3. The molecule has 4 aromatic rings. The normalized spacial score (nSPS) is 15.3. The van der Waals surface area contributed by atoms with Gasteiger partial charge in [0.2, 0.25) is 16.8 Å². The summed E-state index contributed by atoms with van der Waals surface area (Å²) < 4.78 is 19.4. The number of thiazole rings is 1. The fraction of sp³-hybridized carbons (Fsp3) is 0.292. The van der Waals surface area contributed by atoms with Crippen LogP contribution in [0.5, 0.6) is 17.2 Å². The number of aromatic nitrogens is 3. The SMILES string of the molecule is COc1cc([C@H]2CC(=O)Nc3c2c(C)nn3-c2nc3ccc(C)cc3s2)cc(OC)c1OC. The topological polar surface area (TPSA) is 87.5 Å². The lowest BCUT2D eigenvalue weighted by atomic mass is 9.85. The number of carbonyl (C=O) groups is 1. The zero-order chi connectivity index (χ0) is 23.3. The van der Waals surface area contributed by atoms with E-state index in [0.717, 1.165) is 27.0 Å². The Hall–Kier alpha value is -3.59. The van der Waals surface area contributed by atoms with Gasteiger partial charge >= 0.3 is 0 Å². The van der Waals surface area contributed by atoms with Crippen LogP contribution in [0.3, 0.4) is 0 Å². The Morgan fingerprint density at radius 1 is 1.06 bits per heavy atom. The van der Waals surface area contributed by atoms with E-state index < -0.39 is 0 Å². The molecule has 0 aliphatic carbocycles. The van der Waals surface area contributed by atoms with Crippen LogP contribution in [-0.4, -0.2) is 42.0 Å². The summed E-state index contributed by atoms with van der Waals surface area (Å²) in [5.74, 6) is 1.96. The van der Waals surface area contributed by atoms with Crippen molar-refractivity contribution in [1.82, 2.24) is 14.8 Å². The van der Waals surface area contributed by atoms with Gasteiger partial charge < -0.3 is 19.5 Å². The highest BCUT2D eigenvalue weighted by atomic mass is 32.1. The molecule has 1 aliphatic heterocycles. The van der Waals surface area contributed by atoms with Gasteiger partial charge in [0, 0.05) is 17.9 Å². The first-order valence-electron chi connectivity index (χ1n) is 10.5. The number of amides is 1. The van der Waals surface area contributed by atoms with Crippen LogP contribution in [0.15, 0.2) is 30.3 Å². The van der Waals surface area contributed by atoms with E-state index in [4.69, 9.17) is 24.3 Å². The first kappa shape index (κ1) is 21.3. The summed E-state index contributed by atoms with van der Waals surface area (Å²) in [5, 5.41) is 8.51. The highest BCUT2D eigenvalue weighted by Gasteiger charge is 2.34. The Kier molecular flexibility index (Phi) is 5.20. The minimum atomic E-state index is -0.215. The van der Waals surface area contributed by atoms with Gasteiger partial charge in [-0.15, -0.1) is 0 Å². The molecule has 5 rings (SSSR count). The van der Waals surface area contributed by atoms with Crippen molar-refractivity contribution in [2.24, 2.45) is 0 Å². The van der Waals surface area contributed by atoms with Crippen LogP contribution in [0.1, 0.15) is 34.7 Å². The molecule has 2 aromatic heterocycles. The van der Waals surface area contributed by atoms with Crippen molar-refractivity contribution in [2.45, 2.75) is 26.2 Å². The Labute approximate surface area is 195 Å². The summed E-state index contributed by atoms with van der Waals surface area (Å²) in [5.41, 5.74) is 4.76. The molecule has 0 spiro atoms. The number of nitrogens with one attached hydrogen (secondary N) is 1. The van der Waals surface area contributed by atoms with Gasteiger partial charge in [-0.2, -0.15) is 9.78 Å². The molecule has 2 aromatic carbocycles. The third kappa shape index (κ3) is 3.48. The average Bonchev–Trinajstić information content (AvgIpc) is 3.37. The number of aryl methyl sites for hydroxylation is 2. The maximum absolute atomic E-state index is 12.8. The number of hydrogen-bond acceptors (Lipinski definition) is 7. The smallest absolute Gasteiger partial charge is 0.226 e. The van der Waals surface area contributed by atoms with Crippen LogP contribution >= 0.6 is 11.3 Å². The fourth-order valence-electron chi connectivity index (χ4n) is 4.38. The molecule has 1 amide bonds. The standard InChI is InChI=1S/C24H24N4O4S/c1-12-6-7-16-19(8-12)33-24(25-16)28-23-21(13(2)27-28)15(11-20(29)26-23)14-9-17(30-3)22(32-5)18(10-14)31-4/h6-10,15H,11H2,1-5H3,(H,26,29)/t15-/m1/s1. The molecular weight excluding hydrogens is 440 g/mol. The van der Waals surface area contributed by atoms with Gasteiger partial charge in [-0.1, -0.05) is 17.4 Å². The molecule has 0 bridgehead atoms. The summed E-state index contributed by atoms with van der Waals surface area (Å²) in [6.07, 6.45) is 0.289. The number of hydrogen-bond donors (Lipinski definition) is 1. The molecule has 0 unspecified atom stereocenters. The minimum Gasteiger partial charge on any atom is -0.493 e. The second kappa shape index (κ2) is 8.08. The third-order valence-corrected chi connectivity index (χ3v) is 6.90. The van der Waals surface area contributed by atoms with Crippen molar-refractivity contribution in [3.63, 3.8) is 0 Å². The zero-order valence-electron chi connectivity index (χ0n) is 19.1. The Morgan fingerprint density at radius 2 is 1.79 bits per heavy atom. The van der Waals surface area contributed by atoms with E-state index in [1.807, 2.05) is 31.2 Å². The van der Waals surface area contributed by atoms with E-state index in [1.54, 1.807) is 37.3 Å². The van der Waals surface area contributed by atoms with E-state index in [1.165, 1.54) is 5.56 Å². The first-order chi connectivity index (χ1) is 15.9. The number of rotatable bonds is 5. The summed E-state index contributed by atoms with van der Waals surface area (Å²) in [6, 6.07) is 9.94. The molecule has 1 atom stereocenters. The van der Waals surface area contributed by atoms with Gasteiger partial charge in [0.15, 0.2) is 11.5 Å². The molecule has 0 fully saturated rings. The Bertz CT molecular complexity index is 1370. The number of methoxy groups -OCH3 is 3. The van der Waals surface area contributed by atoms with E-state index in [2.05, 4.69) is 18.3 Å². The van der Waals surface area contributed by atoms with Gasteiger partial charge in [-0.3, -0.25) is 4.79 Å². The number of ether oxygens (including phenoxy) is 3. The van der Waals surface area contributed by atoms with Gasteiger partial charge in [0.05, 0.1) is 37.2 Å². The van der Waals surface area contributed by atoms with Crippen molar-refractivity contribution in [1.29, 1.82) is 0 Å². The van der Waals surface area contributed by atoms with Gasteiger partial charge in [-0.25, -0.2) is 4.98 Å². The van der Waals surface area contributed by atoms with Crippen molar-refractivity contribution in [2.75, 3.05) is 26.6 Å². The minimum absolute atomic E-state index is 0.0839. The summed E-state index contributed by atoms with van der Waals surface area (Å²) in [4.78, 5) is 17.6. The lowest BCUT2D eigenvalue weighted by Crippen LogP contribution is -2.25. The molecule has 33 heavy (non-hydrogen) atoms. The van der Waals surface area contributed by atoms with E-state index in [-0.39, 0.29) is 18.2 Å². The number of fused-ring (bicyclic) bond motifs is 2. The van der Waals surface area contributed by atoms with E-state index in [9.17, 15) is 4.79 Å². The van der Waals surface area contributed by atoms with Gasteiger partial charge in [-0.05, 0) is 49.2 Å². The maximum Gasteiger partial charge on any atom is 0.226 e. The largest absolute Gasteiger partial charge is 0.493 e. The van der Waals surface area contributed by atoms with Crippen molar-refractivity contribution < 1.29 is 19.0 Å². The maximum atomic E-state index is 12.8. The highest BCUT2D eigenvalue weighted by Crippen LogP contribution is 2.46. The predicted molar refractivity (Wildman–Crippen MR) is 127 cm³/mol. The van der Waals surface area contributed by atoms with Gasteiger partial charge in [0.25, 0.3) is 0 Å². The molecule has 8 nitrogen and oxygen atoms in total. The zero-order valence-corrected chi connectivity index (χ0v) is 19.9. The number of anilines is 1. The predicted octanol–water partition coefficient (Wildman–Crippen LogP) is 4.60. The second-order valence-electron chi connectivity index (χ2n) is 7.99. The van der Waals surface area contributed by atoms with E-state index >= 15 is 0 Å². The van der Waals surface area contributed by atoms with Crippen molar-refractivity contribution in [3.05, 3.63) is 52.7 Å². The van der Waals surface area contributed by atoms with Crippen LogP contribution in [0.25, 0.3) is 15.3 Å². The van der Waals surface area contributed by atoms with Crippen LogP contribution in [0, 0.1) is 13.8 Å².